The molecule has 37 heavy (non-hydrogen) atoms. The van der Waals surface area contributed by atoms with Crippen molar-refractivity contribution in [2.75, 3.05) is 10.6 Å². The highest BCUT2D eigenvalue weighted by Gasteiger charge is 2.28. The molecule has 4 aromatic rings. The van der Waals surface area contributed by atoms with Gasteiger partial charge in [0.2, 0.25) is 17.6 Å². The molecule has 2 aliphatic rings. The molecule has 0 radical (unpaired) electrons. The standard InChI is InChI=1S/C25H33N9O2S/c1-14-6-8-16(9-7-14)12-34-19-20(28-15(2)17-4-3-5-17)29-22(23-32-25(35)36-33-23)30-21(19)31-24(34)27-11-18-10-26-13-37-18/h10,13-17H,3-9,11-12H2,1-2H3,(H,32,33,35)(H2,27,28,29,30,31)/t14?,15-,16?/m1/s1. The molecule has 2 fully saturated rings. The van der Waals surface area contributed by atoms with E-state index in [1.54, 1.807) is 11.3 Å². The third kappa shape index (κ3) is 5.11. The van der Waals surface area contributed by atoms with Gasteiger partial charge in [-0.05, 0) is 50.4 Å². The van der Waals surface area contributed by atoms with E-state index in [0.717, 1.165) is 28.8 Å². The summed E-state index contributed by atoms with van der Waals surface area (Å²) in [5.74, 6) is 3.29. The molecule has 0 unspecified atom stereocenters. The van der Waals surface area contributed by atoms with Gasteiger partial charge in [0.25, 0.3) is 0 Å². The van der Waals surface area contributed by atoms with E-state index in [2.05, 4.69) is 44.2 Å². The Bertz CT molecular complexity index is 1400. The van der Waals surface area contributed by atoms with Gasteiger partial charge in [-0.15, -0.1) is 11.3 Å². The molecule has 196 valence electrons. The zero-order valence-electron chi connectivity index (χ0n) is 21.2. The number of rotatable bonds is 9. The van der Waals surface area contributed by atoms with Crippen molar-refractivity contribution in [1.82, 2.24) is 34.6 Å². The Balaban J connectivity index is 1.43. The number of nitrogens with zero attached hydrogens (tertiary/aromatic N) is 6. The summed E-state index contributed by atoms with van der Waals surface area (Å²) in [6.07, 6.45) is 10.5. The largest absolute Gasteiger partial charge is 0.439 e. The smallest absolute Gasteiger partial charge is 0.365 e. The molecule has 0 amide bonds. The van der Waals surface area contributed by atoms with Crippen LogP contribution in [0.25, 0.3) is 22.8 Å². The molecular weight excluding hydrogens is 490 g/mol. The lowest BCUT2D eigenvalue weighted by molar-refractivity contribution is 0.267. The Hall–Kier alpha value is -3.28. The van der Waals surface area contributed by atoms with E-state index in [0.29, 0.717) is 29.8 Å². The Morgan fingerprint density at radius 2 is 2.03 bits per heavy atom. The summed E-state index contributed by atoms with van der Waals surface area (Å²) in [5, 5.41) is 11.0. The van der Waals surface area contributed by atoms with Gasteiger partial charge < -0.3 is 15.2 Å². The second-order valence-corrected chi connectivity index (χ2v) is 11.6. The average molecular weight is 524 g/mol. The fraction of sp³-hybridized carbons (Fsp3) is 0.600. The second-order valence-electron chi connectivity index (χ2n) is 10.6. The van der Waals surface area contributed by atoms with E-state index in [4.69, 9.17) is 19.5 Å². The number of aromatic amines is 1. The molecular formula is C25H33N9O2S. The number of thiazole rings is 1. The number of fused-ring (bicyclic) bond motifs is 1. The Kier molecular flexibility index (Phi) is 6.66. The number of anilines is 2. The van der Waals surface area contributed by atoms with E-state index in [9.17, 15) is 4.79 Å². The van der Waals surface area contributed by atoms with Crippen LogP contribution in [0.5, 0.6) is 0 Å². The molecule has 6 rings (SSSR count). The first kappa shape index (κ1) is 24.1. The molecule has 0 aromatic carbocycles. The number of aromatic nitrogens is 7. The van der Waals surface area contributed by atoms with Crippen LogP contribution in [0.2, 0.25) is 0 Å². The Morgan fingerprint density at radius 3 is 2.70 bits per heavy atom. The highest BCUT2D eigenvalue weighted by Crippen LogP contribution is 2.35. The van der Waals surface area contributed by atoms with Crippen molar-refractivity contribution in [3.05, 3.63) is 27.1 Å². The number of hydrogen-bond acceptors (Lipinski definition) is 10. The van der Waals surface area contributed by atoms with E-state index >= 15 is 0 Å². The zero-order chi connectivity index (χ0) is 25.4. The minimum absolute atomic E-state index is 0.196. The number of nitrogens with one attached hydrogen (secondary N) is 3. The molecule has 1 atom stereocenters. The number of imidazole rings is 1. The fourth-order valence-electron chi connectivity index (χ4n) is 5.42. The van der Waals surface area contributed by atoms with Gasteiger partial charge in [0.1, 0.15) is 5.52 Å². The minimum atomic E-state index is -0.639. The molecule has 4 aromatic heterocycles. The molecule has 2 saturated carbocycles. The predicted octanol–water partition coefficient (Wildman–Crippen LogP) is 4.67. The van der Waals surface area contributed by atoms with Crippen LogP contribution in [-0.4, -0.2) is 40.7 Å². The molecule has 0 spiro atoms. The van der Waals surface area contributed by atoms with Crippen molar-refractivity contribution < 1.29 is 4.52 Å². The fourth-order valence-corrected chi connectivity index (χ4v) is 5.95. The van der Waals surface area contributed by atoms with E-state index < -0.39 is 5.76 Å². The van der Waals surface area contributed by atoms with Crippen LogP contribution < -0.4 is 16.4 Å². The quantitative estimate of drug-likeness (QED) is 0.286. The first-order chi connectivity index (χ1) is 18.0. The monoisotopic (exact) mass is 523 g/mol. The normalized spacial score (nSPS) is 21.1. The zero-order valence-corrected chi connectivity index (χ0v) is 22.1. The third-order valence-electron chi connectivity index (χ3n) is 7.96. The molecule has 11 nitrogen and oxygen atoms in total. The molecule has 4 heterocycles. The van der Waals surface area contributed by atoms with Crippen molar-refractivity contribution in [2.24, 2.45) is 17.8 Å². The average Bonchev–Trinajstić information content (AvgIpc) is 3.58. The molecule has 3 N–H and O–H groups in total. The first-order valence-electron chi connectivity index (χ1n) is 13.3. The lowest BCUT2D eigenvalue weighted by Gasteiger charge is -2.32. The molecule has 0 bridgehead atoms. The summed E-state index contributed by atoms with van der Waals surface area (Å²) in [4.78, 5) is 34.0. The van der Waals surface area contributed by atoms with Gasteiger partial charge in [0, 0.05) is 23.7 Å². The van der Waals surface area contributed by atoms with Crippen LogP contribution in [0.4, 0.5) is 11.8 Å². The summed E-state index contributed by atoms with van der Waals surface area (Å²) >= 11 is 1.61. The maximum absolute atomic E-state index is 11.6. The van der Waals surface area contributed by atoms with Gasteiger partial charge in [-0.25, -0.2) is 14.8 Å². The first-order valence-corrected chi connectivity index (χ1v) is 14.1. The van der Waals surface area contributed by atoms with Crippen molar-refractivity contribution in [3.63, 3.8) is 0 Å². The summed E-state index contributed by atoms with van der Waals surface area (Å²) in [6.45, 7) is 6.04. The van der Waals surface area contributed by atoms with E-state index in [1.165, 1.54) is 44.9 Å². The van der Waals surface area contributed by atoms with Crippen LogP contribution in [0.15, 0.2) is 21.0 Å². The highest BCUT2D eigenvalue weighted by atomic mass is 32.1. The lowest BCUT2D eigenvalue weighted by atomic mass is 9.80. The van der Waals surface area contributed by atoms with Crippen LogP contribution in [0.3, 0.4) is 0 Å². The second kappa shape index (κ2) is 10.2. The number of H-pyrrole nitrogens is 1. The van der Waals surface area contributed by atoms with Gasteiger partial charge in [-0.2, -0.15) is 4.98 Å². The van der Waals surface area contributed by atoms with Gasteiger partial charge >= 0.3 is 5.76 Å². The highest BCUT2D eigenvalue weighted by molar-refractivity contribution is 7.09. The van der Waals surface area contributed by atoms with Crippen LogP contribution in [0, 0.1) is 17.8 Å². The SMILES string of the molecule is CC1CCC(Cn2c(NCc3cncs3)nc3nc(-c4noc(=O)[nH]4)nc(N[C@H](C)C4CCC4)c32)CC1. The van der Waals surface area contributed by atoms with E-state index in [-0.39, 0.29) is 17.7 Å². The lowest BCUT2D eigenvalue weighted by Crippen LogP contribution is -2.31. The molecule has 2 aliphatic carbocycles. The van der Waals surface area contributed by atoms with Crippen LogP contribution in [-0.2, 0) is 13.1 Å². The van der Waals surface area contributed by atoms with Gasteiger partial charge in [-0.3, -0.25) is 14.5 Å². The maximum atomic E-state index is 11.6. The summed E-state index contributed by atoms with van der Waals surface area (Å²) in [6, 6.07) is 0.253. The molecule has 12 heteroatoms. The summed E-state index contributed by atoms with van der Waals surface area (Å²) in [7, 11) is 0. The minimum Gasteiger partial charge on any atom is -0.365 e. The van der Waals surface area contributed by atoms with Crippen molar-refractivity contribution >= 4 is 34.3 Å². The van der Waals surface area contributed by atoms with Gasteiger partial charge in [-0.1, -0.05) is 31.3 Å². The molecule has 0 saturated heterocycles. The predicted molar refractivity (Wildman–Crippen MR) is 142 cm³/mol. The maximum Gasteiger partial charge on any atom is 0.439 e. The van der Waals surface area contributed by atoms with E-state index in [1.807, 2.05) is 11.7 Å². The van der Waals surface area contributed by atoms with Gasteiger partial charge in [0.15, 0.2) is 11.5 Å². The van der Waals surface area contributed by atoms with Crippen LogP contribution >= 0.6 is 11.3 Å². The summed E-state index contributed by atoms with van der Waals surface area (Å²) in [5.41, 5.74) is 3.28. The third-order valence-corrected chi connectivity index (χ3v) is 8.74. The van der Waals surface area contributed by atoms with Gasteiger partial charge in [0.05, 0.1) is 12.1 Å². The van der Waals surface area contributed by atoms with Crippen LogP contribution in [0.1, 0.15) is 63.7 Å². The van der Waals surface area contributed by atoms with Crippen molar-refractivity contribution in [3.8, 4) is 11.6 Å². The summed E-state index contributed by atoms with van der Waals surface area (Å²) < 4.78 is 6.98. The number of hydrogen-bond donors (Lipinski definition) is 3. The van der Waals surface area contributed by atoms with Crippen molar-refractivity contribution in [2.45, 2.75) is 77.9 Å². The van der Waals surface area contributed by atoms with Crippen molar-refractivity contribution in [1.29, 1.82) is 0 Å². The molecule has 0 aliphatic heterocycles. The Labute approximate surface area is 218 Å². The Morgan fingerprint density at radius 1 is 1.19 bits per heavy atom. The topological polar surface area (TPSA) is 139 Å².